The van der Waals surface area contributed by atoms with Crippen LogP contribution in [0.15, 0.2) is 18.3 Å². The molecular weight excluding hydrogens is 210 g/mol. The first kappa shape index (κ1) is 10.3. The quantitative estimate of drug-likeness (QED) is 0.746. The third-order valence-electron chi connectivity index (χ3n) is 2.31. The lowest BCUT2D eigenvalue weighted by Gasteiger charge is -2.12. The van der Waals surface area contributed by atoms with E-state index in [1.54, 1.807) is 6.20 Å². The molecule has 0 bridgehead atoms. The van der Waals surface area contributed by atoms with Crippen LogP contribution in [0.1, 0.15) is 12.1 Å². The molecule has 1 aliphatic rings. The molecule has 1 aromatic rings. The number of nitrogens with one attached hydrogen (secondary N) is 1. The van der Waals surface area contributed by atoms with Crippen LogP contribution >= 0.6 is 12.2 Å². The fraction of sp³-hybridized carbons (Fsp3) is 0.400. The van der Waals surface area contributed by atoms with Gasteiger partial charge in [0.1, 0.15) is 4.99 Å². The third-order valence-corrected chi connectivity index (χ3v) is 2.52. The maximum atomic E-state index is 5.51. The SMILES string of the molecule is NC(=S)c1cc(NC2CCOC2)ccn1. The van der Waals surface area contributed by atoms with Gasteiger partial charge in [0.15, 0.2) is 0 Å². The number of nitrogens with two attached hydrogens (primary N) is 1. The molecular formula is C10H13N3OS. The normalized spacial score (nSPS) is 20.1. The van der Waals surface area contributed by atoms with Crippen LogP contribution in [0.2, 0.25) is 0 Å². The molecule has 0 spiro atoms. The molecule has 1 unspecified atom stereocenters. The zero-order valence-electron chi connectivity index (χ0n) is 8.27. The Morgan fingerprint density at radius 3 is 3.20 bits per heavy atom. The molecule has 2 heterocycles. The van der Waals surface area contributed by atoms with Gasteiger partial charge >= 0.3 is 0 Å². The lowest BCUT2D eigenvalue weighted by atomic mass is 10.2. The van der Waals surface area contributed by atoms with Crippen molar-refractivity contribution in [3.63, 3.8) is 0 Å². The Labute approximate surface area is 93.8 Å². The summed E-state index contributed by atoms with van der Waals surface area (Å²) in [6, 6.07) is 4.15. The van der Waals surface area contributed by atoms with Crippen molar-refractivity contribution in [3.8, 4) is 0 Å². The van der Waals surface area contributed by atoms with E-state index in [4.69, 9.17) is 22.7 Å². The number of ether oxygens (including phenoxy) is 1. The van der Waals surface area contributed by atoms with Gasteiger partial charge in [-0.2, -0.15) is 0 Å². The number of anilines is 1. The van der Waals surface area contributed by atoms with Crippen molar-refractivity contribution < 1.29 is 4.74 Å². The summed E-state index contributed by atoms with van der Waals surface area (Å²) >= 11 is 4.87. The van der Waals surface area contributed by atoms with Crippen LogP contribution in [-0.2, 0) is 4.74 Å². The molecule has 80 valence electrons. The summed E-state index contributed by atoms with van der Waals surface area (Å²) in [5.74, 6) is 0. The van der Waals surface area contributed by atoms with Crippen LogP contribution in [0.25, 0.3) is 0 Å². The van der Waals surface area contributed by atoms with E-state index in [1.165, 1.54) is 0 Å². The average molecular weight is 223 g/mol. The largest absolute Gasteiger partial charge is 0.388 e. The Hall–Kier alpha value is -1.20. The van der Waals surface area contributed by atoms with Gasteiger partial charge in [-0.25, -0.2) is 0 Å². The van der Waals surface area contributed by atoms with E-state index in [9.17, 15) is 0 Å². The average Bonchev–Trinajstić information content (AvgIpc) is 2.71. The molecule has 1 saturated heterocycles. The van der Waals surface area contributed by atoms with Gasteiger partial charge in [0.2, 0.25) is 0 Å². The summed E-state index contributed by atoms with van der Waals surface area (Å²) in [7, 11) is 0. The summed E-state index contributed by atoms with van der Waals surface area (Å²) in [4.78, 5) is 4.40. The molecule has 4 nitrogen and oxygen atoms in total. The molecule has 0 amide bonds. The molecule has 1 atom stereocenters. The number of nitrogens with zero attached hydrogens (tertiary/aromatic N) is 1. The predicted octanol–water partition coefficient (Wildman–Crippen LogP) is 0.917. The van der Waals surface area contributed by atoms with E-state index in [0.717, 1.165) is 25.3 Å². The van der Waals surface area contributed by atoms with Gasteiger partial charge in [-0.15, -0.1) is 0 Å². The molecule has 2 rings (SSSR count). The smallest absolute Gasteiger partial charge is 0.122 e. The van der Waals surface area contributed by atoms with E-state index in [2.05, 4.69) is 10.3 Å². The van der Waals surface area contributed by atoms with Crippen LogP contribution in [0, 0.1) is 0 Å². The van der Waals surface area contributed by atoms with Crippen LogP contribution < -0.4 is 11.1 Å². The maximum absolute atomic E-state index is 5.51. The minimum absolute atomic E-state index is 0.321. The Bertz CT molecular complexity index is 363. The monoisotopic (exact) mass is 223 g/mol. The highest BCUT2D eigenvalue weighted by Gasteiger charge is 2.15. The second kappa shape index (κ2) is 4.55. The second-order valence-corrected chi connectivity index (χ2v) is 3.94. The molecule has 5 heteroatoms. The lowest BCUT2D eigenvalue weighted by Crippen LogP contribution is -2.19. The Kier molecular flexibility index (Phi) is 3.13. The minimum Gasteiger partial charge on any atom is -0.388 e. The van der Waals surface area contributed by atoms with Crippen molar-refractivity contribution in [2.45, 2.75) is 12.5 Å². The summed E-state index contributed by atoms with van der Waals surface area (Å²) < 4.78 is 5.28. The second-order valence-electron chi connectivity index (χ2n) is 3.50. The van der Waals surface area contributed by atoms with E-state index >= 15 is 0 Å². The summed E-state index contributed by atoms with van der Waals surface area (Å²) in [6.45, 7) is 1.58. The van der Waals surface area contributed by atoms with Crippen molar-refractivity contribution in [2.24, 2.45) is 5.73 Å². The first-order valence-corrected chi connectivity index (χ1v) is 5.26. The van der Waals surface area contributed by atoms with Gasteiger partial charge < -0.3 is 15.8 Å². The highest BCUT2D eigenvalue weighted by molar-refractivity contribution is 7.80. The number of hydrogen-bond acceptors (Lipinski definition) is 4. The topological polar surface area (TPSA) is 60.2 Å². The van der Waals surface area contributed by atoms with Gasteiger partial charge in [0.05, 0.1) is 18.3 Å². The molecule has 15 heavy (non-hydrogen) atoms. The molecule has 1 fully saturated rings. The van der Waals surface area contributed by atoms with E-state index in [1.807, 2.05) is 12.1 Å². The van der Waals surface area contributed by atoms with Gasteiger partial charge in [0.25, 0.3) is 0 Å². The van der Waals surface area contributed by atoms with Crippen molar-refractivity contribution in [1.29, 1.82) is 0 Å². The zero-order valence-corrected chi connectivity index (χ0v) is 9.09. The molecule has 0 saturated carbocycles. The lowest BCUT2D eigenvalue weighted by molar-refractivity contribution is 0.195. The highest BCUT2D eigenvalue weighted by Crippen LogP contribution is 2.14. The van der Waals surface area contributed by atoms with Crippen molar-refractivity contribution in [3.05, 3.63) is 24.0 Å². The van der Waals surface area contributed by atoms with Gasteiger partial charge in [-0.05, 0) is 18.6 Å². The van der Waals surface area contributed by atoms with E-state index in [-0.39, 0.29) is 0 Å². The fourth-order valence-corrected chi connectivity index (χ4v) is 1.65. The molecule has 0 radical (unpaired) electrons. The minimum atomic E-state index is 0.321. The Morgan fingerprint density at radius 2 is 2.53 bits per heavy atom. The first-order chi connectivity index (χ1) is 7.25. The molecule has 1 aliphatic heterocycles. The molecule has 0 aromatic carbocycles. The number of rotatable bonds is 3. The van der Waals surface area contributed by atoms with E-state index < -0.39 is 0 Å². The summed E-state index contributed by atoms with van der Waals surface area (Å²) in [5, 5.41) is 3.36. The van der Waals surface area contributed by atoms with Crippen LogP contribution in [0.4, 0.5) is 5.69 Å². The van der Waals surface area contributed by atoms with Crippen molar-refractivity contribution in [2.75, 3.05) is 18.5 Å². The first-order valence-electron chi connectivity index (χ1n) is 4.86. The Balaban J connectivity index is 2.07. The third kappa shape index (κ3) is 2.64. The van der Waals surface area contributed by atoms with Gasteiger partial charge in [0, 0.05) is 18.5 Å². The predicted molar refractivity (Wildman–Crippen MR) is 63.0 cm³/mol. The maximum Gasteiger partial charge on any atom is 0.122 e. The fourth-order valence-electron chi connectivity index (χ4n) is 1.54. The summed E-state index contributed by atoms with van der Waals surface area (Å²) in [5.41, 5.74) is 7.14. The summed E-state index contributed by atoms with van der Waals surface area (Å²) in [6.07, 6.45) is 2.73. The van der Waals surface area contributed by atoms with Crippen molar-refractivity contribution in [1.82, 2.24) is 4.98 Å². The Morgan fingerprint density at radius 1 is 1.67 bits per heavy atom. The molecule has 3 N–H and O–H groups in total. The van der Waals surface area contributed by atoms with Crippen molar-refractivity contribution >= 4 is 22.9 Å². The van der Waals surface area contributed by atoms with E-state index in [0.29, 0.717) is 16.7 Å². The van der Waals surface area contributed by atoms with Gasteiger partial charge in [-0.1, -0.05) is 12.2 Å². The standard InChI is InChI=1S/C10H13N3OS/c11-10(15)9-5-7(1-3-12-9)13-8-2-4-14-6-8/h1,3,5,8H,2,4,6H2,(H2,11,15)(H,12,13). The molecule has 1 aromatic heterocycles. The van der Waals surface area contributed by atoms with Crippen LogP contribution in [0.3, 0.4) is 0 Å². The molecule has 0 aliphatic carbocycles. The van der Waals surface area contributed by atoms with Crippen LogP contribution in [0.5, 0.6) is 0 Å². The van der Waals surface area contributed by atoms with Gasteiger partial charge in [-0.3, -0.25) is 4.98 Å². The number of thiocarbonyl (C=S) groups is 1. The van der Waals surface area contributed by atoms with Crippen LogP contribution in [-0.4, -0.2) is 29.2 Å². The highest BCUT2D eigenvalue weighted by atomic mass is 32.1. The number of aromatic nitrogens is 1. The zero-order chi connectivity index (χ0) is 10.7. The number of hydrogen-bond donors (Lipinski definition) is 2. The number of pyridine rings is 1.